The number of benzene rings is 1. The largest absolute Gasteiger partial charge is 0.490 e. The molecule has 0 fully saturated rings. The van der Waals surface area contributed by atoms with Crippen LogP contribution in [0.5, 0.6) is 17.2 Å². The standard InChI is InChI=1S/C12H20O3Si.C7H18Si/c1-4-13-9-7-8-10(16)12(15-6-3)11(9)14-5-2;1-5-8(4,6-2)7-3/h7-8H,4-6H2,1-3,16H3;5-7H2,1-4H3. The topological polar surface area (TPSA) is 27.7 Å². The number of rotatable bonds is 9. The highest BCUT2D eigenvalue weighted by molar-refractivity contribution is 6.78. The van der Waals surface area contributed by atoms with E-state index < -0.39 is 8.07 Å². The Kier molecular flexibility index (Phi) is 11.9. The van der Waals surface area contributed by atoms with Gasteiger partial charge >= 0.3 is 0 Å². The van der Waals surface area contributed by atoms with Crippen molar-refractivity contribution in [3.05, 3.63) is 12.1 Å². The van der Waals surface area contributed by atoms with Crippen LogP contribution >= 0.6 is 0 Å². The average Bonchev–Trinajstić information content (AvgIpc) is 2.60. The molecule has 0 aromatic heterocycles. The first-order chi connectivity index (χ1) is 11.4. The van der Waals surface area contributed by atoms with Crippen molar-refractivity contribution in [3.8, 4) is 17.2 Å². The summed E-state index contributed by atoms with van der Waals surface area (Å²) in [5.74, 6) is 2.37. The van der Waals surface area contributed by atoms with Crippen LogP contribution in [0.25, 0.3) is 0 Å². The van der Waals surface area contributed by atoms with E-state index in [1.807, 2.05) is 32.9 Å². The predicted molar refractivity (Wildman–Crippen MR) is 113 cm³/mol. The fourth-order valence-corrected chi connectivity index (χ4v) is 4.30. The van der Waals surface area contributed by atoms with Crippen LogP contribution in [0.2, 0.25) is 24.7 Å². The lowest BCUT2D eigenvalue weighted by atomic mass is 10.3. The van der Waals surface area contributed by atoms with Gasteiger partial charge in [0.1, 0.15) is 0 Å². The zero-order valence-corrected chi connectivity index (χ0v) is 20.1. The number of hydrogen-bond acceptors (Lipinski definition) is 3. The highest BCUT2D eigenvalue weighted by atomic mass is 28.3. The lowest BCUT2D eigenvalue weighted by Crippen LogP contribution is -2.25. The molecular weight excluding hydrogens is 332 g/mol. The monoisotopic (exact) mass is 370 g/mol. The zero-order chi connectivity index (χ0) is 18.6. The van der Waals surface area contributed by atoms with E-state index >= 15 is 0 Å². The van der Waals surface area contributed by atoms with Gasteiger partial charge in [-0.25, -0.2) is 0 Å². The van der Waals surface area contributed by atoms with E-state index in [4.69, 9.17) is 14.2 Å². The van der Waals surface area contributed by atoms with Gasteiger partial charge in [-0.15, -0.1) is 0 Å². The Bertz CT molecular complexity index is 452. The quantitative estimate of drug-likeness (QED) is 0.615. The maximum atomic E-state index is 5.64. The van der Waals surface area contributed by atoms with Gasteiger partial charge in [-0.3, -0.25) is 0 Å². The first kappa shape index (κ1) is 23.1. The Morgan fingerprint density at radius 3 is 1.58 bits per heavy atom. The molecule has 0 saturated carbocycles. The van der Waals surface area contributed by atoms with Crippen molar-refractivity contribution >= 4 is 23.5 Å². The van der Waals surface area contributed by atoms with Gasteiger partial charge in [-0.1, -0.05) is 51.5 Å². The second kappa shape index (κ2) is 12.4. The third-order valence-electron chi connectivity index (χ3n) is 4.71. The summed E-state index contributed by atoms with van der Waals surface area (Å²) in [6.07, 6.45) is 0. The van der Waals surface area contributed by atoms with Crippen molar-refractivity contribution in [2.45, 2.75) is 66.2 Å². The molecule has 0 atom stereocenters. The third kappa shape index (κ3) is 7.30. The Hall–Kier alpha value is -0.946. The van der Waals surface area contributed by atoms with Crippen molar-refractivity contribution in [1.29, 1.82) is 0 Å². The predicted octanol–water partition coefficient (Wildman–Crippen LogP) is 4.00. The molecule has 0 saturated heterocycles. The molecule has 0 spiro atoms. The molecule has 0 radical (unpaired) electrons. The summed E-state index contributed by atoms with van der Waals surface area (Å²) in [7, 11) is 0.266. The second-order valence-corrected chi connectivity index (χ2v) is 13.0. The molecule has 1 rings (SSSR count). The zero-order valence-electron chi connectivity index (χ0n) is 17.1. The molecule has 0 aliphatic rings. The van der Waals surface area contributed by atoms with Crippen LogP contribution in [0.4, 0.5) is 0 Å². The molecular formula is C19H38O3Si2. The normalized spacial score (nSPS) is 10.8. The van der Waals surface area contributed by atoms with E-state index in [1.54, 1.807) is 0 Å². The maximum absolute atomic E-state index is 5.64. The Morgan fingerprint density at radius 2 is 1.21 bits per heavy atom. The van der Waals surface area contributed by atoms with E-state index in [1.165, 1.54) is 23.3 Å². The van der Waals surface area contributed by atoms with Crippen molar-refractivity contribution in [2.24, 2.45) is 0 Å². The summed E-state index contributed by atoms with van der Waals surface area (Å²) in [4.78, 5) is 0. The molecule has 0 bridgehead atoms. The summed E-state index contributed by atoms with van der Waals surface area (Å²) >= 11 is 0. The van der Waals surface area contributed by atoms with Gasteiger partial charge in [-0.05, 0) is 32.0 Å². The van der Waals surface area contributed by atoms with Gasteiger partial charge in [0.15, 0.2) is 11.5 Å². The third-order valence-corrected chi connectivity index (χ3v) is 10.6. The summed E-state index contributed by atoms with van der Waals surface area (Å²) < 4.78 is 16.8. The first-order valence-corrected chi connectivity index (χ1v) is 13.6. The summed E-state index contributed by atoms with van der Waals surface area (Å²) in [6.45, 7) is 17.3. The molecule has 24 heavy (non-hydrogen) atoms. The van der Waals surface area contributed by atoms with Gasteiger partial charge in [-0.2, -0.15) is 0 Å². The molecule has 1 aromatic rings. The molecule has 0 amide bonds. The van der Waals surface area contributed by atoms with Gasteiger partial charge in [0.05, 0.1) is 19.8 Å². The van der Waals surface area contributed by atoms with Crippen molar-refractivity contribution in [2.75, 3.05) is 19.8 Å². The minimum absolute atomic E-state index is 0.616. The summed E-state index contributed by atoms with van der Waals surface area (Å²) in [6, 6.07) is 8.38. The number of ether oxygens (including phenoxy) is 3. The molecule has 0 aliphatic carbocycles. The van der Waals surface area contributed by atoms with Gasteiger partial charge in [0.25, 0.3) is 0 Å². The Morgan fingerprint density at radius 1 is 0.750 bits per heavy atom. The Labute approximate surface area is 153 Å². The van der Waals surface area contributed by atoms with Crippen LogP contribution < -0.4 is 19.4 Å². The van der Waals surface area contributed by atoms with Gasteiger partial charge in [0.2, 0.25) is 5.75 Å². The van der Waals surface area contributed by atoms with E-state index in [0.717, 1.165) is 27.5 Å². The molecule has 0 N–H and O–H groups in total. The van der Waals surface area contributed by atoms with Crippen molar-refractivity contribution < 1.29 is 14.2 Å². The SMILES string of the molecule is CCOc1ccc([SiH3])c(OCC)c1OCC.CC[Si](C)(CC)CC. The molecule has 0 heterocycles. The highest BCUT2D eigenvalue weighted by Gasteiger charge is 2.18. The van der Waals surface area contributed by atoms with Crippen LogP contribution in [0.3, 0.4) is 0 Å². The second-order valence-electron chi connectivity index (χ2n) is 6.21. The molecule has 0 unspecified atom stereocenters. The maximum Gasteiger partial charge on any atom is 0.203 e. The van der Waals surface area contributed by atoms with Crippen molar-refractivity contribution in [1.82, 2.24) is 0 Å². The van der Waals surface area contributed by atoms with Crippen LogP contribution in [0, 0.1) is 0 Å². The minimum atomic E-state index is -0.671. The summed E-state index contributed by atoms with van der Waals surface area (Å²) in [5, 5.41) is 1.20. The fourth-order valence-electron chi connectivity index (χ4n) is 2.27. The molecule has 1 aromatic carbocycles. The van der Waals surface area contributed by atoms with E-state index in [-0.39, 0.29) is 0 Å². The molecule has 3 nitrogen and oxygen atoms in total. The van der Waals surface area contributed by atoms with Gasteiger partial charge in [0, 0.05) is 18.3 Å². The molecule has 5 heteroatoms. The van der Waals surface area contributed by atoms with Crippen LogP contribution in [-0.4, -0.2) is 38.1 Å². The fraction of sp³-hybridized carbons (Fsp3) is 0.684. The summed E-state index contributed by atoms with van der Waals surface area (Å²) in [5.41, 5.74) is 0. The van der Waals surface area contributed by atoms with E-state index in [0.29, 0.717) is 19.8 Å². The van der Waals surface area contributed by atoms with Crippen LogP contribution in [0.1, 0.15) is 41.5 Å². The smallest absolute Gasteiger partial charge is 0.203 e. The van der Waals surface area contributed by atoms with Crippen LogP contribution in [0.15, 0.2) is 12.1 Å². The molecule has 140 valence electrons. The Balaban J connectivity index is 0.000000561. The van der Waals surface area contributed by atoms with Crippen molar-refractivity contribution in [3.63, 3.8) is 0 Å². The van der Waals surface area contributed by atoms with Crippen LogP contribution in [-0.2, 0) is 0 Å². The lowest BCUT2D eigenvalue weighted by molar-refractivity contribution is 0.262. The minimum Gasteiger partial charge on any atom is -0.490 e. The van der Waals surface area contributed by atoms with E-state index in [9.17, 15) is 0 Å². The highest BCUT2D eigenvalue weighted by Crippen LogP contribution is 2.35. The number of hydrogen-bond donors (Lipinski definition) is 0. The average molecular weight is 371 g/mol. The van der Waals surface area contributed by atoms with Gasteiger partial charge < -0.3 is 14.2 Å². The molecule has 0 aliphatic heterocycles. The first-order valence-electron chi connectivity index (χ1n) is 9.44. The van der Waals surface area contributed by atoms with E-state index in [2.05, 4.69) is 27.3 Å². The lowest BCUT2D eigenvalue weighted by Gasteiger charge is -2.20.